The molecule has 108 valence electrons. The van der Waals surface area contributed by atoms with Gasteiger partial charge in [0.05, 0.1) is 12.5 Å². The molecule has 0 aliphatic heterocycles. The van der Waals surface area contributed by atoms with Crippen LogP contribution in [0.25, 0.3) is 0 Å². The summed E-state index contributed by atoms with van der Waals surface area (Å²) in [5.41, 5.74) is -0.823. The van der Waals surface area contributed by atoms with Crippen LogP contribution in [0.1, 0.15) is 26.7 Å². The lowest BCUT2D eigenvalue weighted by molar-refractivity contribution is -0.144. The lowest BCUT2D eigenvalue weighted by atomic mass is 10.1. The Hall–Kier alpha value is -1.79. The molecule has 0 radical (unpaired) electrons. The number of amides is 2. The fraction of sp³-hybridized carbons (Fsp3) is 0.750. The Morgan fingerprint density at radius 3 is 2.26 bits per heavy atom. The minimum Gasteiger partial charge on any atom is -0.481 e. The Morgan fingerprint density at radius 2 is 1.89 bits per heavy atom. The average Bonchev–Trinajstić information content (AvgIpc) is 3.13. The maximum atomic E-state index is 11.7. The van der Waals surface area contributed by atoms with Gasteiger partial charge in [-0.2, -0.15) is 0 Å². The molecular formula is C12H20N2O5. The van der Waals surface area contributed by atoms with Gasteiger partial charge in [0, 0.05) is 6.54 Å². The highest BCUT2D eigenvalue weighted by Gasteiger charge is 2.50. The Balaban J connectivity index is 2.45. The molecule has 2 amide bonds. The molecule has 7 heteroatoms. The molecule has 0 aromatic carbocycles. The summed E-state index contributed by atoms with van der Waals surface area (Å²) >= 11 is 0. The van der Waals surface area contributed by atoms with Crippen LogP contribution < -0.4 is 10.6 Å². The number of ether oxygens (including phenoxy) is 1. The number of hydrogen-bond donors (Lipinski definition) is 3. The van der Waals surface area contributed by atoms with Crippen LogP contribution >= 0.6 is 0 Å². The number of methoxy groups -OCH3 is 1. The molecule has 1 fully saturated rings. The van der Waals surface area contributed by atoms with E-state index in [9.17, 15) is 14.4 Å². The average molecular weight is 272 g/mol. The summed E-state index contributed by atoms with van der Waals surface area (Å²) in [6.45, 7) is 3.63. The lowest BCUT2D eigenvalue weighted by Crippen LogP contribution is -2.50. The van der Waals surface area contributed by atoms with Crippen LogP contribution in [0.15, 0.2) is 0 Å². The number of rotatable bonds is 6. The van der Waals surface area contributed by atoms with E-state index in [0.717, 1.165) is 0 Å². The van der Waals surface area contributed by atoms with Gasteiger partial charge in [0.1, 0.15) is 6.04 Å². The molecule has 1 aliphatic carbocycles. The molecule has 1 unspecified atom stereocenters. The van der Waals surface area contributed by atoms with Crippen molar-refractivity contribution in [1.29, 1.82) is 0 Å². The van der Waals surface area contributed by atoms with E-state index in [4.69, 9.17) is 5.11 Å². The number of urea groups is 1. The van der Waals surface area contributed by atoms with Crippen molar-refractivity contribution in [2.24, 2.45) is 11.3 Å². The van der Waals surface area contributed by atoms with Gasteiger partial charge < -0.3 is 20.5 Å². The normalized spacial score (nSPS) is 17.5. The van der Waals surface area contributed by atoms with Crippen molar-refractivity contribution in [2.75, 3.05) is 13.7 Å². The van der Waals surface area contributed by atoms with E-state index in [-0.39, 0.29) is 12.5 Å². The molecular weight excluding hydrogens is 252 g/mol. The number of nitrogens with one attached hydrogen (secondary N) is 2. The molecule has 0 aromatic rings. The van der Waals surface area contributed by atoms with Crippen molar-refractivity contribution in [1.82, 2.24) is 10.6 Å². The number of carboxylic acids is 1. The van der Waals surface area contributed by atoms with Crippen molar-refractivity contribution in [2.45, 2.75) is 32.7 Å². The third kappa shape index (κ3) is 3.84. The first kappa shape index (κ1) is 15.3. The van der Waals surface area contributed by atoms with Gasteiger partial charge in [-0.05, 0) is 18.8 Å². The SMILES string of the molecule is COC(=O)C(NC(=O)NCC1(C(=O)O)CC1)C(C)C. The van der Waals surface area contributed by atoms with Crippen LogP contribution in [-0.4, -0.2) is 42.8 Å². The van der Waals surface area contributed by atoms with Gasteiger partial charge in [-0.25, -0.2) is 9.59 Å². The first-order valence-corrected chi connectivity index (χ1v) is 6.18. The highest BCUT2D eigenvalue weighted by molar-refractivity contribution is 5.84. The molecule has 19 heavy (non-hydrogen) atoms. The summed E-state index contributed by atoms with van der Waals surface area (Å²) in [7, 11) is 1.25. The minimum atomic E-state index is -0.902. The molecule has 7 nitrogen and oxygen atoms in total. The number of carboxylic acid groups (broad SMARTS) is 1. The summed E-state index contributed by atoms with van der Waals surface area (Å²) in [5, 5.41) is 13.9. The number of carbonyl (C=O) groups excluding carboxylic acids is 2. The second kappa shape index (κ2) is 5.90. The summed E-state index contributed by atoms with van der Waals surface area (Å²) in [6.07, 6.45) is 1.13. The second-order valence-corrected chi connectivity index (χ2v) is 5.16. The largest absolute Gasteiger partial charge is 0.481 e. The van der Waals surface area contributed by atoms with Crippen LogP contribution in [0, 0.1) is 11.3 Å². The van der Waals surface area contributed by atoms with Crippen molar-refractivity contribution < 1.29 is 24.2 Å². The van der Waals surface area contributed by atoms with Crippen molar-refractivity contribution in [3.63, 3.8) is 0 Å². The fourth-order valence-electron chi connectivity index (χ4n) is 1.68. The number of hydrogen-bond acceptors (Lipinski definition) is 4. The van der Waals surface area contributed by atoms with E-state index in [0.29, 0.717) is 12.8 Å². The molecule has 0 heterocycles. The Kier molecular flexibility index (Phi) is 4.74. The molecule has 1 atom stereocenters. The van der Waals surface area contributed by atoms with Crippen molar-refractivity contribution in [3.8, 4) is 0 Å². The Morgan fingerprint density at radius 1 is 1.32 bits per heavy atom. The molecule has 1 rings (SSSR count). The van der Waals surface area contributed by atoms with Gasteiger partial charge in [0.15, 0.2) is 0 Å². The zero-order valence-electron chi connectivity index (χ0n) is 11.4. The predicted octanol–water partition coefficient (Wildman–Crippen LogP) is 0.348. The van der Waals surface area contributed by atoms with E-state index >= 15 is 0 Å². The molecule has 3 N–H and O–H groups in total. The van der Waals surface area contributed by atoms with Crippen LogP contribution in [0.3, 0.4) is 0 Å². The minimum absolute atomic E-state index is 0.0696. The monoisotopic (exact) mass is 272 g/mol. The first-order valence-electron chi connectivity index (χ1n) is 6.18. The van der Waals surface area contributed by atoms with E-state index in [2.05, 4.69) is 15.4 Å². The van der Waals surface area contributed by atoms with Gasteiger partial charge in [0.25, 0.3) is 0 Å². The third-order valence-electron chi connectivity index (χ3n) is 3.30. The number of carbonyl (C=O) groups is 3. The lowest BCUT2D eigenvalue weighted by Gasteiger charge is -2.20. The van der Waals surface area contributed by atoms with Gasteiger partial charge in [0.2, 0.25) is 0 Å². The molecule has 0 bridgehead atoms. The second-order valence-electron chi connectivity index (χ2n) is 5.16. The van der Waals surface area contributed by atoms with E-state index < -0.39 is 29.4 Å². The third-order valence-corrected chi connectivity index (χ3v) is 3.30. The maximum Gasteiger partial charge on any atom is 0.328 e. The Bertz CT molecular complexity index is 376. The molecule has 0 saturated heterocycles. The molecule has 0 spiro atoms. The van der Waals surface area contributed by atoms with Gasteiger partial charge in [-0.15, -0.1) is 0 Å². The number of aliphatic carboxylic acids is 1. The topological polar surface area (TPSA) is 105 Å². The van der Waals surface area contributed by atoms with Crippen LogP contribution in [0.5, 0.6) is 0 Å². The first-order chi connectivity index (χ1) is 8.82. The van der Waals surface area contributed by atoms with Crippen LogP contribution in [0.4, 0.5) is 4.79 Å². The molecule has 1 aliphatic rings. The maximum absolute atomic E-state index is 11.7. The standard InChI is InChI=1S/C12H20N2O5/c1-7(2)8(9(15)19-3)14-11(18)13-6-12(4-5-12)10(16)17/h7-8H,4-6H2,1-3H3,(H,16,17)(H2,13,14,18). The summed E-state index contributed by atoms with van der Waals surface area (Å²) < 4.78 is 4.59. The Labute approximate surface area is 111 Å². The van der Waals surface area contributed by atoms with Gasteiger partial charge in [-0.3, -0.25) is 4.79 Å². The summed E-state index contributed by atoms with van der Waals surface area (Å²) in [4.78, 5) is 34.0. The van der Waals surface area contributed by atoms with Crippen LogP contribution in [0.2, 0.25) is 0 Å². The zero-order valence-corrected chi connectivity index (χ0v) is 11.4. The van der Waals surface area contributed by atoms with Gasteiger partial charge in [-0.1, -0.05) is 13.8 Å². The summed E-state index contributed by atoms with van der Waals surface area (Å²) in [6, 6.07) is -1.30. The highest BCUT2D eigenvalue weighted by Crippen LogP contribution is 2.45. The van der Waals surface area contributed by atoms with E-state index in [1.807, 2.05) is 0 Å². The molecule has 1 saturated carbocycles. The van der Waals surface area contributed by atoms with E-state index in [1.165, 1.54) is 7.11 Å². The summed E-state index contributed by atoms with van der Waals surface area (Å²) in [5.74, 6) is -1.54. The van der Waals surface area contributed by atoms with E-state index in [1.54, 1.807) is 13.8 Å². The van der Waals surface area contributed by atoms with Gasteiger partial charge >= 0.3 is 18.0 Å². The molecule has 0 aromatic heterocycles. The predicted molar refractivity (Wildman–Crippen MR) is 66.5 cm³/mol. The van der Waals surface area contributed by atoms with Crippen LogP contribution in [-0.2, 0) is 14.3 Å². The smallest absolute Gasteiger partial charge is 0.328 e. The van der Waals surface area contributed by atoms with Crippen molar-refractivity contribution >= 4 is 18.0 Å². The zero-order chi connectivity index (χ0) is 14.6. The number of esters is 1. The quantitative estimate of drug-likeness (QED) is 0.605. The highest BCUT2D eigenvalue weighted by atomic mass is 16.5. The fourth-order valence-corrected chi connectivity index (χ4v) is 1.68. The van der Waals surface area contributed by atoms with Crippen molar-refractivity contribution in [3.05, 3.63) is 0 Å².